The van der Waals surface area contributed by atoms with E-state index in [1.54, 1.807) is 31.2 Å². The van der Waals surface area contributed by atoms with E-state index in [4.69, 9.17) is 28.9 Å². The van der Waals surface area contributed by atoms with Crippen LogP contribution in [-0.4, -0.2) is 10.9 Å². The molecular weight excluding hydrogens is 285 g/mol. The number of aryl methyl sites for hydroxylation is 1. The number of halogens is 2. The highest BCUT2D eigenvalue weighted by atomic mass is 35.5. The number of nitrogens with one attached hydrogen (secondary N) is 1. The number of hydrogen-bond donors (Lipinski definition) is 2. The Hall–Kier alpha value is -1.78. The molecule has 0 aliphatic carbocycles. The van der Waals surface area contributed by atoms with Gasteiger partial charge < -0.3 is 11.1 Å². The first-order valence-corrected chi connectivity index (χ1v) is 6.21. The third-order valence-electron chi connectivity index (χ3n) is 2.53. The smallest absolute Gasteiger partial charge is 0.257 e. The van der Waals surface area contributed by atoms with Crippen LogP contribution in [0.4, 0.5) is 11.4 Å². The highest BCUT2D eigenvalue weighted by molar-refractivity contribution is 6.35. The van der Waals surface area contributed by atoms with E-state index in [0.717, 1.165) is 0 Å². The molecule has 1 heterocycles. The van der Waals surface area contributed by atoms with Gasteiger partial charge in [0.05, 0.1) is 33.9 Å². The van der Waals surface area contributed by atoms with Crippen LogP contribution in [0.15, 0.2) is 30.5 Å². The molecule has 3 N–H and O–H groups in total. The van der Waals surface area contributed by atoms with Gasteiger partial charge in [-0.15, -0.1) is 0 Å². The van der Waals surface area contributed by atoms with Gasteiger partial charge in [0, 0.05) is 5.02 Å². The molecule has 0 radical (unpaired) electrons. The van der Waals surface area contributed by atoms with Crippen molar-refractivity contribution in [3.8, 4) is 0 Å². The maximum atomic E-state index is 12.1. The van der Waals surface area contributed by atoms with Gasteiger partial charge in [-0.05, 0) is 31.2 Å². The number of rotatable bonds is 2. The van der Waals surface area contributed by atoms with E-state index < -0.39 is 0 Å². The summed E-state index contributed by atoms with van der Waals surface area (Å²) in [6, 6.07) is 6.41. The Balaban J connectivity index is 2.30. The van der Waals surface area contributed by atoms with E-state index in [-0.39, 0.29) is 5.91 Å². The summed E-state index contributed by atoms with van der Waals surface area (Å²) in [5.41, 5.74) is 7.48. The Morgan fingerprint density at radius 2 is 2.05 bits per heavy atom. The fourth-order valence-corrected chi connectivity index (χ4v) is 1.90. The number of benzene rings is 1. The quantitative estimate of drug-likeness (QED) is 0.890. The monoisotopic (exact) mass is 295 g/mol. The van der Waals surface area contributed by atoms with Crippen molar-refractivity contribution in [1.82, 2.24) is 4.98 Å². The van der Waals surface area contributed by atoms with Gasteiger partial charge in [0.1, 0.15) is 0 Å². The summed E-state index contributed by atoms with van der Waals surface area (Å²) in [7, 11) is 0. The Morgan fingerprint density at radius 1 is 1.32 bits per heavy atom. The van der Waals surface area contributed by atoms with E-state index in [9.17, 15) is 4.79 Å². The largest absolute Gasteiger partial charge is 0.397 e. The molecular formula is C13H11Cl2N3O. The lowest BCUT2D eigenvalue weighted by Gasteiger charge is -2.09. The molecule has 2 aromatic rings. The molecule has 6 heteroatoms. The van der Waals surface area contributed by atoms with Crippen molar-refractivity contribution >= 4 is 40.5 Å². The number of anilines is 2. The molecule has 19 heavy (non-hydrogen) atoms. The van der Waals surface area contributed by atoms with Gasteiger partial charge in [0.15, 0.2) is 0 Å². The standard InChI is InChI=1S/C13H11Cl2N3O/c1-7-10(5-9(16)6-17-7)13(19)18-12-4-8(14)2-3-11(12)15/h2-6H,16H2,1H3,(H,18,19). The molecule has 0 spiro atoms. The van der Waals surface area contributed by atoms with Crippen LogP contribution < -0.4 is 11.1 Å². The summed E-state index contributed by atoms with van der Waals surface area (Å²) in [5, 5.41) is 3.58. The van der Waals surface area contributed by atoms with E-state index >= 15 is 0 Å². The molecule has 1 amide bonds. The van der Waals surface area contributed by atoms with Crippen molar-refractivity contribution in [2.75, 3.05) is 11.1 Å². The van der Waals surface area contributed by atoms with Crippen molar-refractivity contribution in [2.45, 2.75) is 6.92 Å². The number of aromatic nitrogens is 1. The molecule has 0 bridgehead atoms. The molecule has 2 rings (SSSR count). The Bertz CT molecular complexity index is 644. The molecule has 0 aliphatic heterocycles. The summed E-state index contributed by atoms with van der Waals surface area (Å²) >= 11 is 11.8. The number of hydrogen-bond acceptors (Lipinski definition) is 3. The fourth-order valence-electron chi connectivity index (χ4n) is 1.56. The molecule has 1 aromatic carbocycles. The number of carbonyl (C=O) groups excluding carboxylic acids is 1. The average molecular weight is 296 g/mol. The van der Waals surface area contributed by atoms with Crippen molar-refractivity contribution in [2.24, 2.45) is 0 Å². The minimum absolute atomic E-state index is 0.332. The molecule has 1 aromatic heterocycles. The molecule has 0 atom stereocenters. The Labute approximate surface area is 120 Å². The lowest BCUT2D eigenvalue weighted by atomic mass is 10.1. The third kappa shape index (κ3) is 3.16. The minimum Gasteiger partial charge on any atom is -0.397 e. The van der Waals surface area contributed by atoms with Crippen LogP contribution in [0.5, 0.6) is 0 Å². The Morgan fingerprint density at radius 3 is 2.79 bits per heavy atom. The van der Waals surface area contributed by atoms with Crippen LogP contribution in [0.25, 0.3) is 0 Å². The molecule has 0 fully saturated rings. The predicted molar refractivity (Wildman–Crippen MR) is 77.8 cm³/mol. The second-order valence-electron chi connectivity index (χ2n) is 3.98. The van der Waals surface area contributed by atoms with Crippen molar-refractivity contribution in [3.05, 3.63) is 51.8 Å². The predicted octanol–water partition coefficient (Wildman–Crippen LogP) is 3.53. The van der Waals surface area contributed by atoms with Crippen molar-refractivity contribution in [1.29, 1.82) is 0 Å². The van der Waals surface area contributed by atoms with Crippen LogP contribution in [0, 0.1) is 6.92 Å². The van der Waals surface area contributed by atoms with E-state index in [1.807, 2.05) is 0 Å². The first kappa shape index (κ1) is 13.6. The second-order valence-corrected chi connectivity index (χ2v) is 4.82. The summed E-state index contributed by atoms with van der Waals surface area (Å²) in [4.78, 5) is 16.2. The van der Waals surface area contributed by atoms with Gasteiger partial charge in [-0.3, -0.25) is 9.78 Å². The molecule has 0 saturated carbocycles. The van der Waals surface area contributed by atoms with Crippen molar-refractivity contribution in [3.63, 3.8) is 0 Å². The number of amides is 1. The zero-order valence-electron chi connectivity index (χ0n) is 10.1. The molecule has 0 unspecified atom stereocenters. The maximum Gasteiger partial charge on any atom is 0.257 e. The number of carbonyl (C=O) groups is 1. The number of pyridine rings is 1. The topological polar surface area (TPSA) is 68.0 Å². The van der Waals surface area contributed by atoms with Crippen LogP contribution in [-0.2, 0) is 0 Å². The van der Waals surface area contributed by atoms with Gasteiger partial charge >= 0.3 is 0 Å². The van der Waals surface area contributed by atoms with E-state index in [1.165, 1.54) is 6.20 Å². The maximum absolute atomic E-state index is 12.1. The fraction of sp³-hybridized carbons (Fsp3) is 0.0769. The minimum atomic E-state index is -0.332. The SMILES string of the molecule is Cc1ncc(N)cc1C(=O)Nc1cc(Cl)ccc1Cl. The highest BCUT2D eigenvalue weighted by Crippen LogP contribution is 2.26. The average Bonchev–Trinajstić information content (AvgIpc) is 2.36. The summed E-state index contributed by atoms with van der Waals surface area (Å²) in [6.45, 7) is 1.73. The van der Waals surface area contributed by atoms with Gasteiger partial charge in [-0.25, -0.2) is 0 Å². The number of nitrogen functional groups attached to an aromatic ring is 1. The summed E-state index contributed by atoms with van der Waals surface area (Å²) < 4.78 is 0. The zero-order valence-corrected chi connectivity index (χ0v) is 11.6. The summed E-state index contributed by atoms with van der Waals surface area (Å²) in [6.07, 6.45) is 1.50. The van der Waals surface area contributed by atoms with E-state index in [2.05, 4.69) is 10.3 Å². The van der Waals surface area contributed by atoms with Crippen LogP contribution in [0.3, 0.4) is 0 Å². The van der Waals surface area contributed by atoms with Gasteiger partial charge in [0.25, 0.3) is 5.91 Å². The van der Waals surface area contributed by atoms with Crippen LogP contribution in [0.2, 0.25) is 10.0 Å². The number of nitrogens with zero attached hydrogens (tertiary/aromatic N) is 1. The van der Waals surface area contributed by atoms with Gasteiger partial charge in [0.2, 0.25) is 0 Å². The first-order valence-electron chi connectivity index (χ1n) is 5.46. The van der Waals surface area contributed by atoms with Crippen LogP contribution in [0.1, 0.15) is 16.1 Å². The lowest BCUT2D eigenvalue weighted by molar-refractivity contribution is 0.102. The highest BCUT2D eigenvalue weighted by Gasteiger charge is 2.12. The van der Waals surface area contributed by atoms with Gasteiger partial charge in [-0.1, -0.05) is 23.2 Å². The van der Waals surface area contributed by atoms with Crippen LogP contribution >= 0.6 is 23.2 Å². The molecule has 0 aliphatic rings. The third-order valence-corrected chi connectivity index (χ3v) is 3.09. The molecule has 98 valence electrons. The van der Waals surface area contributed by atoms with Crippen molar-refractivity contribution < 1.29 is 4.79 Å². The number of nitrogens with two attached hydrogens (primary N) is 1. The lowest BCUT2D eigenvalue weighted by Crippen LogP contribution is -2.14. The summed E-state index contributed by atoms with van der Waals surface area (Å²) in [5.74, 6) is -0.332. The van der Waals surface area contributed by atoms with Gasteiger partial charge in [-0.2, -0.15) is 0 Å². The molecule has 4 nitrogen and oxygen atoms in total. The Kier molecular flexibility index (Phi) is 3.93. The molecule has 0 saturated heterocycles. The zero-order chi connectivity index (χ0) is 14.0. The van der Waals surface area contributed by atoms with E-state index in [0.29, 0.717) is 32.7 Å². The normalized spacial score (nSPS) is 10.3. The second kappa shape index (κ2) is 5.47. The first-order chi connectivity index (χ1) is 8.97.